The lowest BCUT2D eigenvalue weighted by atomic mass is 9.99. The Balaban J connectivity index is 3.49. The van der Waals surface area contributed by atoms with Crippen molar-refractivity contribution in [1.82, 2.24) is 0 Å². The third-order valence-corrected chi connectivity index (χ3v) is 1.32. The monoisotopic (exact) mass is 140 g/mol. The molecular weight excluding hydrogens is 128 g/mol. The molecule has 10 heavy (non-hydrogen) atoms. The van der Waals surface area contributed by atoms with Gasteiger partial charge in [0.1, 0.15) is 0 Å². The van der Waals surface area contributed by atoms with Crippen molar-refractivity contribution in [3.05, 3.63) is 4.91 Å². The van der Waals surface area contributed by atoms with Gasteiger partial charge >= 0.3 is 0 Å². The van der Waals surface area contributed by atoms with E-state index in [-0.39, 0.29) is 0 Å². The van der Waals surface area contributed by atoms with Crippen LogP contribution in [-0.4, -0.2) is 5.54 Å². The zero-order valence-corrected chi connectivity index (χ0v) is 6.42. The Morgan fingerprint density at radius 3 is 2.60 bits per heavy atom. The summed E-state index contributed by atoms with van der Waals surface area (Å²) in [6.45, 7) is 3.55. The van der Waals surface area contributed by atoms with Gasteiger partial charge in [0, 0.05) is 6.42 Å². The summed E-state index contributed by atoms with van der Waals surface area (Å²) in [6.07, 6.45) is 1.97. The van der Waals surface area contributed by atoms with Crippen molar-refractivity contribution in [2.24, 2.45) is 5.18 Å². The molecule has 0 aliphatic heterocycles. The van der Waals surface area contributed by atoms with Crippen molar-refractivity contribution in [1.29, 1.82) is 5.26 Å². The molecule has 0 unspecified atom stereocenters. The van der Waals surface area contributed by atoms with E-state index in [1.54, 1.807) is 13.8 Å². The molecule has 3 nitrogen and oxygen atoms in total. The van der Waals surface area contributed by atoms with Crippen molar-refractivity contribution in [3.63, 3.8) is 0 Å². The average Bonchev–Trinajstić information content (AvgIpc) is 1.89. The minimum Gasteiger partial charge on any atom is -0.198 e. The standard InChI is InChI=1S/C7H12N2O/c1-7(2,9-10)5-3-4-6-8/h3-5H2,1-2H3. The molecule has 0 rings (SSSR count). The number of nitroso groups, excluding NO2 is 1. The first-order chi connectivity index (χ1) is 4.62. The van der Waals surface area contributed by atoms with Gasteiger partial charge in [-0.2, -0.15) is 10.2 Å². The highest BCUT2D eigenvalue weighted by atomic mass is 16.3. The predicted molar refractivity (Wildman–Crippen MR) is 39.3 cm³/mol. The van der Waals surface area contributed by atoms with Crippen LogP contribution in [0.4, 0.5) is 0 Å². The fourth-order valence-electron chi connectivity index (χ4n) is 0.646. The van der Waals surface area contributed by atoms with E-state index in [0.29, 0.717) is 12.8 Å². The number of hydrogen-bond acceptors (Lipinski definition) is 3. The van der Waals surface area contributed by atoms with Gasteiger partial charge in [0.05, 0.1) is 11.6 Å². The van der Waals surface area contributed by atoms with E-state index in [9.17, 15) is 4.91 Å². The van der Waals surface area contributed by atoms with Gasteiger partial charge in [-0.1, -0.05) is 5.18 Å². The molecule has 0 aromatic carbocycles. The predicted octanol–water partition coefficient (Wildman–Crippen LogP) is 2.23. The SMILES string of the molecule is CC(C)(CCCC#N)N=O. The van der Waals surface area contributed by atoms with E-state index < -0.39 is 5.54 Å². The summed E-state index contributed by atoms with van der Waals surface area (Å²) < 4.78 is 0. The summed E-state index contributed by atoms with van der Waals surface area (Å²) in [6, 6.07) is 2.02. The average molecular weight is 140 g/mol. The van der Waals surface area contributed by atoms with E-state index >= 15 is 0 Å². The van der Waals surface area contributed by atoms with Gasteiger partial charge < -0.3 is 0 Å². The lowest BCUT2D eigenvalue weighted by molar-refractivity contribution is 0.461. The van der Waals surface area contributed by atoms with Crippen molar-refractivity contribution in [2.75, 3.05) is 0 Å². The molecular formula is C7H12N2O. The summed E-state index contributed by atoms with van der Waals surface area (Å²) in [5.74, 6) is 0. The Bertz CT molecular complexity index is 146. The summed E-state index contributed by atoms with van der Waals surface area (Å²) in [5.41, 5.74) is -0.489. The van der Waals surface area contributed by atoms with Crippen LogP contribution in [0.3, 0.4) is 0 Å². The lowest BCUT2D eigenvalue weighted by Gasteiger charge is -2.12. The maximum atomic E-state index is 10.1. The molecule has 0 amide bonds. The fraction of sp³-hybridized carbons (Fsp3) is 0.857. The molecule has 56 valence electrons. The normalized spacial score (nSPS) is 10.5. The van der Waals surface area contributed by atoms with Crippen molar-refractivity contribution < 1.29 is 0 Å². The van der Waals surface area contributed by atoms with Crippen LogP contribution in [0.25, 0.3) is 0 Å². The molecule has 0 aromatic heterocycles. The van der Waals surface area contributed by atoms with Crippen molar-refractivity contribution in [2.45, 2.75) is 38.6 Å². The summed E-state index contributed by atoms with van der Waals surface area (Å²) in [7, 11) is 0. The molecule has 0 atom stereocenters. The fourth-order valence-corrected chi connectivity index (χ4v) is 0.646. The Morgan fingerprint density at radius 1 is 1.60 bits per heavy atom. The molecule has 0 aromatic rings. The van der Waals surface area contributed by atoms with Gasteiger partial charge in [-0.25, -0.2) is 0 Å². The second-order valence-corrected chi connectivity index (χ2v) is 2.92. The van der Waals surface area contributed by atoms with Gasteiger partial charge in [-0.15, -0.1) is 0 Å². The number of nitriles is 1. The van der Waals surface area contributed by atoms with Gasteiger partial charge in [0.25, 0.3) is 0 Å². The quantitative estimate of drug-likeness (QED) is 0.444. The van der Waals surface area contributed by atoms with E-state index in [2.05, 4.69) is 5.18 Å². The third kappa shape index (κ3) is 4.02. The Hall–Kier alpha value is -0.910. The van der Waals surface area contributed by atoms with Crippen LogP contribution in [0, 0.1) is 16.2 Å². The smallest absolute Gasteiger partial charge is 0.0971 e. The lowest BCUT2D eigenvalue weighted by Crippen LogP contribution is -2.14. The van der Waals surface area contributed by atoms with Crippen LogP contribution >= 0.6 is 0 Å². The second kappa shape index (κ2) is 3.99. The molecule has 3 heteroatoms. The largest absolute Gasteiger partial charge is 0.198 e. The molecule has 0 bridgehead atoms. The van der Waals surface area contributed by atoms with E-state index in [1.165, 1.54) is 0 Å². The molecule has 0 aliphatic carbocycles. The molecule has 0 saturated heterocycles. The highest BCUT2D eigenvalue weighted by molar-refractivity contribution is 4.79. The minimum atomic E-state index is -0.489. The van der Waals surface area contributed by atoms with Gasteiger partial charge in [0.2, 0.25) is 0 Å². The summed E-state index contributed by atoms with van der Waals surface area (Å²) in [5, 5.41) is 11.1. The summed E-state index contributed by atoms with van der Waals surface area (Å²) in [4.78, 5) is 10.1. The molecule has 0 spiro atoms. The molecule has 0 saturated carbocycles. The van der Waals surface area contributed by atoms with Crippen molar-refractivity contribution in [3.8, 4) is 6.07 Å². The maximum Gasteiger partial charge on any atom is 0.0971 e. The third-order valence-electron chi connectivity index (χ3n) is 1.32. The van der Waals surface area contributed by atoms with Crippen molar-refractivity contribution >= 4 is 0 Å². The molecule has 0 N–H and O–H groups in total. The topological polar surface area (TPSA) is 53.2 Å². The Labute approximate surface area is 61.0 Å². The number of rotatable bonds is 4. The van der Waals surface area contributed by atoms with Crippen LogP contribution in [-0.2, 0) is 0 Å². The Morgan fingerprint density at radius 2 is 2.20 bits per heavy atom. The zero-order chi connectivity index (χ0) is 8.04. The van der Waals surface area contributed by atoms with E-state index in [1.807, 2.05) is 6.07 Å². The molecule has 0 radical (unpaired) electrons. The molecule has 0 fully saturated rings. The summed E-state index contributed by atoms with van der Waals surface area (Å²) >= 11 is 0. The van der Waals surface area contributed by atoms with Crippen LogP contribution in [0.15, 0.2) is 5.18 Å². The molecule has 0 aliphatic rings. The van der Waals surface area contributed by atoms with Crippen LogP contribution in [0.1, 0.15) is 33.1 Å². The van der Waals surface area contributed by atoms with E-state index in [0.717, 1.165) is 6.42 Å². The molecule has 0 heterocycles. The first kappa shape index (κ1) is 9.09. The number of unbranched alkanes of at least 4 members (excludes halogenated alkanes) is 1. The van der Waals surface area contributed by atoms with Crippen LogP contribution in [0.5, 0.6) is 0 Å². The zero-order valence-electron chi connectivity index (χ0n) is 6.42. The first-order valence-electron chi connectivity index (χ1n) is 3.34. The van der Waals surface area contributed by atoms with E-state index in [4.69, 9.17) is 5.26 Å². The minimum absolute atomic E-state index is 0.489. The second-order valence-electron chi connectivity index (χ2n) is 2.92. The van der Waals surface area contributed by atoms with Crippen LogP contribution < -0.4 is 0 Å². The highest BCUT2D eigenvalue weighted by Gasteiger charge is 2.16. The van der Waals surface area contributed by atoms with Gasteiger partial charge in [-0.3, -0.25) is 0 Å². The first-order valence-corrected chi connectivity index (χ1v) is 3.34. The highest BCUT2D eigenvalue weighted by Crippen LogP contribution is 2.16. The number of hydrogen-bond donors (Lipinski definition) is 0. The maximum absolute atomic E-state index is 10.1. The van der Waals surface area contributed by atoms with Gasteiger partial charge in [0.15, 0.2) is 0 Å². The van der Waals surface area contributed by atoms with Crippen LogP contribution in [0.2, 0.25) is 0 Å². The Kier molecular flexibility index (Phi) is 3.63. The van der Waals surface area contributed by atoms with Gasteiger partial charge in [-0.05, 0) is 26.7 Å². The number of nitrogens with zero attached hydrogens (tertiary/aromatic N) is 2.